The Morgan fingerprint density at radius 1 is 1.20 bits per heavy atom. The van der Waals surface area contributed by atoms with Gasteiger partial charge in [0.2, 0.25) is 5.91 Å². The molecule has 0 aromatic rings. The van der Waals surface area contributed by atoms with E-state index >= 15 is 0 Å². The number of halogens is 1. The number of likely N-dealkylation sites (N-methyl/N-ethyl adjacent to an activating group) is 1. The van der Waals surface area contributed by atoms with Crippen molar-refractivity contribution in [2.24, 2.45) is 0 Å². The monoisotopic (exact) mass is 285 g/mol. The first-order chi connectivity index (χ1) is 9.56. The fourth-order valence-corrected chi connectivity index (χ4v) is 3.17. The minimum absolute atomic E-state index is 0.0590. The van der Waals surface area contributed by atoms with Crippen molar-refractivity contribution < 1.29 is 9.18 Å². The molecular formula is C15H28FN3O. The summed E-state index contributed by atoms with van der Waals surface area (Å²) in [5.41, 5.74) is 0. The number of nitrogens with zero attached hydrogens (tertiary/aromatic N) is 2. The van der Waals surface area contributed by atoms with Crippen LogP contribution in [0.15, 0.2) is 0 Å². The molecule has 0 aromatic carbocycles. The van der Waals surface area contributed by atoms with Crippen LogP contribution in [0.3, 0.4) is 0 Å². The number of amides is 1. The van der Waals surface area contributed by atoms with Gasteiger partial charge >= 0.3 is 0 Å². The van der Waals surface area contributed by atoms with E-state index in [1.165, 1.54) is 0 Å². The highest BCUT2D eigenvalue weighted by Crippen LogP contribution is 2.23. The summed E-state index contributed by atoms with van der Waals surface area (Å²) in [6, 6.07) is 0.478. The number of hydrogen-bond donors (Lipinski definition) is 1. The van der Waals surface area contributed by atoms with Crippen molar-refractivity contribution in [3.05, 3.63) is 0 Å². The van der Waals surface area contributed by atoms with Crippen LogP contribution in [0.25, 0.3) is 0 Å². The zero-order valence-corrected chi connectivity index (χ0v) is 12.8. The van der Waals surface area contributed by atoms with Crippen molar-refractivity contribution in [3.63, 3.8) is 0 Å². The third-order valence-electron chi connectivity index (χ3n) is 4.58. The summed E-state index contributed by atoms with van der Waals surface area (Å²) in [5, 5.41) is 3.51. The van der Waals surface area contributed by atoms with E-state index in [2.05, 4.69) is 10.2 Å². The van der Waals surface area contributed by atoms with Gasteiger partial charge in [0, 0.05) is 39.3 Å². The molecular weight excluding hydrogens is 257 g/mol. The maximum Gasteiger partial charge on any atom is 0.236 e. The van der Waals surface area contributed by atoms with E-state index in [1.54, 1.807) is 19.0 Å². The maximum atomic E-state index is 13.8. The van der Waals surface area contributed by atoms with Crippen LogP contribution in [-0.2, 0) is 4.79 Å². The average molecular weight is 285 g/mol. The van der Waals surface area contributed by atoms with Crippen molar-refractivity contribution in [1.82, 2.24) is 15.1 Å². The van der Waals surface area contributed by atoms with Crippen LogP contribution in [0.4, 0.5) is 4.39 Å². The summed E-state index contributed by atoms with van der Waals surface area (Å²) in [5.74, 6) is 0.160. The highest BCUT2D eigenvalue weighted by atomic mass is 19.1. The largest absolute Gasteiger partial charge is 0.348 e. The molecule has 2 aliphatic rings. The summed E-state index contributed by atoms with van der Waals surface area (Å²) in [6.07, 6.45) is 5.23. The molecule has 1 saturated heterocycles. The molecule has 1 saturated carbocycles. The van der Waals surface area contributed by atoms with Crippen molar-refractivity contribution in [3.8, 4) is 0 Å². The van der Waals surface area contributed by atoms with Gasteiger partial charge in [0.05, 0.1) is 6.54 Å². The topological polar surface area (TPSA) is 35.6 Å². The molecule has 4 nitrogen and oxygen atoms in total. The number of alkyl halides is 1. The standard InChI is InChI=1S/C15H28FN3O/c1-18(2)15(20)11-19-9-7-12(8-10-19)17-14-6-4-3-5-13(14)16/h12-14,17H,3-11H2,1-2H3. The Labute approximate surface area is 121 Å². The van der Waals surface area contributed by atoms with Gasteiger partial charge in [-0.1, -0.05) is 12.8 Å². The number of carbonyl (C=O) groups excluding carboxylic acids is 1. The molecule has 2 rings (SSSR count). The van der Waals surface area contributed by atoms with Gasteiger partial charge in [0.1, 0.15) is 6.17 Å². The normalized spacial score (nSPS) is 29.4. The minimum Gasteiger partial charge on any atom is -0.348 e. The van der Waals surface area contributed by atoms with Crippen molar-refractivity contribution >= 4 is 5.91 Å². The Morgan fingerprint density at radius 3 is 2.45 bits per heavy atom. The SMILES string of the molecule is CN(C)C(=O)CN1CCC(NC2CCCCC2F)CC1. The molecule has 2 unspecified atom stereocenters. The predicted octanol–water partition coefficient (Wildman–Crippen LogP) is 1.41. The van der Waals surface area contributed by atoms with Crippen LogP contribution < -0.4 is 5.32 Å². The Hall–Kier alpha value is -0.680. The van der Waals surface area contributed by atoms with Gasteiger partial charge in [-0.3, -0.25) is 9.69 Å². The van der Waals surface area contributed by atoms with Gasteiger partial charge in [-0.15, -0.1) is 0 Å². The molecule has 0 bridgehead atoms. The molecule has 1 amide bonds. The molecule has 116 valence electrons. The van der Waals surface area contributed by atoms with Gasteiger partial charge in [0.25, 0.3) is 0 Å². The molecule has 5 heteroatoms. The van der Waals surface area contributed by atoms with Gasteiger partial charge < -0.3 is 10.2 Å². The smallest absolute Gasteiger partial charge is 0.236 e. The lowest BCUT2D eigenvalue weighted by atomic mass is 9.92. The third-order valence-corrected chi connectivity index (χ3v) is 4.58. The van der Waals surface area contributed by atoms with E-state index in [0.29, 0.717) is 19.0 Å². The van der Waals surface area contributed by atoms with Gasteiger partial charge in [-0.2, -0.15) is 0 Å². The van der Waals surface area contributed by atoms with Crippen LogP contribution in [0.1, 0.15) is 38.5 Å². The van der Waals surface area contributed by atoms with E-state index in [1.807, 2.05) is 0 Å². The van der Waals surface area contributed by atoms with Gasteiger partial charge in [-0.05, 0) is 25.7 Å². The summed E-state index contributed by atoms with van der Waals surface area (Å²) in [7, 11) is 3.59. The molecule has 1 aliphatic carbocycles. The lowest BCUT2D eigenvalue weighted by molar-refractivity contribution is -0.130. The van der Waals surface area contributed by atoms with E-state index in [-0.39, 0.29) is 11.9 Å². The van der Waals surface area contributed by atoms with Crippen molar-refractivity contribution in [1.29, 1.82) is 0 Å². The van der Waals surface area contributed by atoms with Crippen LogP contribution in [0.2, 0.25) is 0 Å². The molecule has 2 atom stereocenters. The first-order valence-corrected chi connectivity index (χ1v) is 7.89. The van der Waals surface area contributed by atoms with Crippen molar-refractivity contribution in [2.45, 2.75) is 56.8 Å². The second-order valence-electron chi connectivity index (χ2n) is 6.41. The van der Waals surface area contributed by atoms with E-state index < -0.39 is 6.17 Å². The zero-order valence-electron chi connectivity index (χ0n) is 12.8. The van der Waals surface area contributed by atoms with E-state index in [9.17, 15) is 9.18 Å². The molecule has 1 heterocycles. The highest BCUT2D eigenvalue weighted by molar-refractivity contribution is 5.77. The first kappa shape index (κ1) is 15.7. The minimum atomic E-state index is -0.669. The number of likely N-dealkylation sites (tertiary alicyclic amines) is 1. The fourth-order valence-electron chi connectivity index (χ4n) is 3.17. The summed E-state index contributed by atoms with van der Waals surface area (Å²) < 4.78 is 13.8. The Morgan fingerprint density at radius 2 is 1.85 bits per heavy atom. The molecule has 0 aromatic heterocycles. The lowest BCUT2D eigenvalue weighted by Crippen LogP contribution is -2.51. The molecule has 1 N–H and O–H groups in total. The predicted molar refractivity (Wildman–Crippen MR) is 78.4 cm³/mol. The Balaban J connectivity index is 1.70. The number of hydrogen-bond acceptors (Lipinski definition) is 3. The number of nitrogens with one attached hydrogen (secondary N) is 1. The third kappa shape index (κ3) is 4.42. The first-order valence-electron chi connectivity index (χ1n) is 7.89. The van der Waals surface area contributed by atoms with E-state index in [0.717, 1.165) is 45.2 Å². The fraction of sp³-hybridized carbons (Fsp3) is 0.933. The number of carbonyl (C=O) groups is 1. The number of piperidine rings is 1. The average Bonchev–Trinajstić information content (AvgIpc) is 2.43. The van der Waals surface area contributed by atoms with Crippen molar-refractivity contribution in [2.75, 3.05) is 33.7 Å². The molecule has 0 spiro atoms. The van der Waals surface area contributed by atoms with Crippen LogP contribution in [0.5, 0.6) is 0 Å². The number of rotatable bonds is 4. The van der Waals surface area contributed by atoms with Crippen LogP contribution in [-0.4, -0.2) is 67.7 Å². The summed E-state index contributed by atoms with van der Waals surface area (Å²) in [6.45, 7) is 2.37. The van der Waals surface area contributed by atoms with E-state index in [4.69, 9.17) is 0 Å². The quantitative estimate of drug-likeness (QED) is 0.848. The van der Waals surface area contributed by atoms with Gasteiger partial charge in [-0.25, -0.2) is 4.39 Å². The highest BCUT2D eigenvalue weighted by Gasteiger charge is 2.28. The molecule has 1 aliphatic heterocycles. The second kappa shape index (κ2) is 7.36. The lowest BCUT2D eigenvalue weighted by Gasteiger charge is -2.36. The Bertz CT molecular complexity index is 316. The molecule has 2 fully saturated rings. The second-order valence-corrected chi connectivity index (χ2v) is 6.41. The van der Waals surface area contributed by atoms with Crippen LogP contribution in [0, 0.1) is 0 Å². The molecule has 20 heavy (non-hydrogen) atoms. The maximum absolute atomic E-state index is 13.8. The summed E-state index contributed by atoms with van der Waals surface area (Å²) >= 11 is 0. The van der Waals surface area contributed by atoms with Crippen LogP contribution >= 0.6 is 0 Å². The Kier molecular flexibility index (Phi) is 5.78. The summed E-state index contributed by atoms with van der Waals surface area (Å²) in [4.78, 5) is 15.5. The molecule has 0 radical (unpaired) electrons. The zero-order chi connectivity index (χ0) is 14.5. The van der Waals surface area contributed by atoms with Gasteiger partial charge in [0.15, 0.2) is 0 Å².